The molecule has 2 heterocycles. The molecule has 0 radical (unpaired) electrons. The minimum absolute atomic E-state index is 0.132. The molecule has 2 aromatic heterocycles. The van der Waals surface area contributed by atoms with Crippen LogP contribution in [0.3, 0.4) is 0 Å². The number of aromatic nitrogens is 3. The first-order valence-corrected chi connectivity index (χ1v) is 11.0. The van der Waals surface area contributed by atoms with Crippen LogP contribution in [0.25, 0.3) is 16.2 Å². The van der Waals surface area contributed by atoms with Crippen molar-refractivity contribution in [2.45, 2.75) is 19.8 Å². The molecular weight excluding hydrogens is 443 g/mol. The van der Waals surface area contributed by atoms with E-state index in [9.17, 15) is 4.79 Å². The number of halogens is 2. The summed E-state index contributed by atoms with van der Waals surface area (Å²) in [5, 5.41) is 10.1. The quantitative estimate of drug-likeness (QED) is 0.382. The fourth-order valence-electron chi connectivity index (χ4n) is 2.96. The standard InChI is InChI=1S/C21H18Cl2N4O2S/c1-2-3-13-4-7-15(8-5-13)29-11-19(28)24-20-25-21-27(26-20)18(12-30-21)16-10-14(22)6-9-17(16)23/h4-10,12H,2-3,11H2,1H3,(H,24,26,28). The molecule has 0 bridgehead atoms. The summed E-state index contributed by atoms with van der Waals surface area (Å²) in [6, 6.07) is 13.0. The summed E-state index contributed by atoms with van der Waals surface area (Å²) < 4.78 is 7.18. The zero-order valence-electron chi connectivity index (χ0n) is 16.1. The van der Waals surface area contributed by atoms with Crippen molar-refractivity contribution in [3.63, 3.8) is 0 Å². The molecule has 154 valence electrons. The molecule has 1 amide bonds. The number of carbonyl (C=O) groups excluding carboxylic acids is 1. The summed E-state index contributed by atoms with van der Waals surface area (Å²) in [6.45, 7) is 2.00. The van der Waals surface area contributed by atoms with Crippen LogP contribution in [0.1, 0.15) is 18.9 Å². The zero-order valence-corrected chi connectivity index (χ0v) is 18.4. The number of fused-ring (bicyclic) bond motifs is 1. The van der Waals surface area contributed by atoms with Crippen LogP contribution in [0.4, 0.5) is 5.95 Å². The van der Waals surface area contributed by atoms with E-state index in [1.165, 1.54) is 16.9 Å². The molecule has 2 aromatic carbocycles. The molecule has 30 heavy (non-hydrogen) atoms. The van der Waals surface area contributed by atoms with E-state index in [2.05, 4.69) is 22.3 Å². The molecular formula is C21H18Cl2N4O2S. The second kappa shape index (κ2) is 9.04. The van der Waals surface area contributed by atoms with E-state index in [4.69, 9.17) is 27.9 Å². The van der Waals surface area contributed by atoms with Crippen molar-refractivity contribution >= 4 is 51.4 Å². The van der Waals surface area contributed by atoms with Gasteiger partial charge in [0.2, 0.25) is 4.96 Å². The van der Waals surface area contributed by atoms with Crippen LogP contribution in [-0.2, 0) is 11.2 Å². The average molecular weight is 461 g/mol. The number of aryl methyl sites for hydroxylation is 1. The number of amides is 1. The lowest BCUT2D eigenvalue weighted by Crippen LogP contribution is -2.21. The number of nitrogens with one attached hydrogen (secondary N) is 1. The topological polar surface area (TPSA) is 68.5 Å². The molecule has 0 atom stereocenters. The second-order valence-electron chi connectivity index (χ2n) is 6.61. The van der Waals surface area contributed by atoms with Crippen LogP contribution in [0.2, 0.25) is 10.0 Å². The van der Waals surface area contributed by atoms with E-state index in [1.54, 1.807) is 22.7 Å². The van der Waals surface area contributed by atoms with E-state index in [-0.39, 0.29) is 18.5 Å². The number of thiazole rings is 1. The van der Waals surface area contributed by atoms with E-state index in [0.29, 0.717) is 20.8 Å². The van der Waals surface area contributed by atoms with Gasteiger partial charge in [0, 0.05) is 16.0 Å². The van der Waals surface area contributed by atoms with Gasteiger partial charge in [0.05, 0.1) is 10.7 Å². The fourth-order valence-corrected chi connectivity index (χ4v) is 4.17. The van der Waals surface area contributed by atoms with Crippen molar-refractivity contribution in [3.8, 4) is 17.0 Å². The summed E-state index contributed by atoms with van der Waals surface area (Å²) in [7, 11) is 0. The van der Waals surface area contributed by atoms with Crippen molar-refractivity contribution in [3.05, 3.63) is 63.5 Å². The van der Waals surface area contributed by atoms with Gasteiger partial charge in [0.1, 0.15) is 5.75 Å². The highest BCUT2D eigenvalue weighted by molar-refractivity contribution is 7.15. The Morgan fingerprint density at radius 3 is 2.77 bits per heavy atom. The number of nitrogens with zero attached hydrogens (tertiary/aromatic N) is 3. The fraction of sp³-hybridized carbons (Fsp3) is 0.190. The molecule has 0 aliphatic heterocycles. The number of carbonyl (C=O) groups is 1. The maximum atomic E-state index is 12.2. The number of ether oxygens (including phenoxy) is 1. The smallest absolute Gasteiger partial charge is 0.264 e. The second-order valence-corrected chi connectivity index (χ2v) is 8.29. The van der Waals surface area contributed by atoms with Gasteiger partial charge in [-0.2, -0.15) is 4.98 Å². The third-order valence-electron chi connectivity index (χ3n) is 4.37. The van der Waals surface area contributed by atoms with Crippen molar-refractivity contribution in [1.29, 1.82) is 0 Å². The predicted octanol–water partition coefficient (Wildman–Crippen LogP) is 5.73. The minimum Gasteiger partial charge on any atom is -0.484 e. The van der Waals surface area contributed by atoms with Crippen LogP contribution in [0, 0.1) is 0 Å². The molecule has 0 aliphatic carbocycles. The third-order valence-corrected chi connectivity index (χ3v) is 5.75. The number of benzene rings is 2. The number of rotatable bonds is 7. The molecule has 6 nitrogen and oxygen atoms in total. The van der Waals surface area contributed by atoms with Gasteiger partial charge >= 0.3 is 0 Å². The summed E-state index contributed by atoms with van der Waals surface area (Å²) in [5.41, 5.74) is 2.74. The Morgan fingerprint density at radius 1 is 1.20 bits per heavy atom. The van der Waals surface area contributed by atoms with E-state index in [0.717, 1.165) is 24.1 Å². The van der Waals surface area contributed by atoms with Crippen molar-refractivity contribution in [2.75, 3.05) is 11.9 Å². The lowest BCUT2D eigenvalue weighted by molar-refractivity contribution is -0.118. The van der Waals surface area contributed by atoms with Gasteiger partial charge in [0.25, 0.3) is 11.9 Å². The summed E-state index contributed by atoms with van der Waals surface area (Å²) in [6.07, 6.45) is 2.11. The first kappa shape index (κ1) is 20.7. The third kappa shape index (κ3) is 4.59. The molecule has 9 heteroatoms. The molecule has 0 fully saturated rings. The summed E-state index contributed by atoms with van der Waals surface area (Å²) in [4.78, 5) is 17.2. The van der Waals surface area contributed by atoms with Gasteiger partial charge in [0.15, 0.2) is 6.61 Å². The maximum absolute atomic E-state index is 12.2. The van der Waals surface area contributed by atoms with Gasteiger partial charge in [-0.15, -0.1) is 16.4 Å². The highest BCUT2D eigenvalue weighted by Gasteiger charge is 2.16. The van der Waals surface area contributed by atoms with Crippen molar-refractivity contribution < 1.29 is 9.53 Å². The zero-order chi connectivity index (χ0) is 21.1. The summed E-state index contributed by atoms with van der Waals surface area (Å²) >= 11 is 13.8. The maximum Gasteiger partial charge on any atom is 0.264 e. The molecule has 1 N–H and O–H groups in total. The van der Waals surface area contributed by atoms with E-state index < -0.39 is 0 Å². The number of hydrogen-bond acceptors (Lipinski definition) is 5. The Labute approximate surface area is 187 Å². The Bertz CT molecular complexity index is 1190. The van der Waals surface area contributed by atoms with Crippen LogP contribution < -0.4 is 10.1 Å². The van der Waals surface area contributed by atoms with E-state index >= 15 is 0 Å². The highest BCUT2D eigenvalue weighted by atomic mass is 35.5. The van der Waals surface area contributed by atoms with E-state index in [1.807, 2.05) is 29.6 Å². The van der Waals surface area contributed by atoms with Gasteiger partial charge < -0.3 is 4.74 Å². The van der Waals surface area contributed by atoms with Crippen LogP contribution >= 0.6 is 34.5 Å². The molecule has 4 rings (SSSR count). The highest BCUT2D eigenvalue weighted by Crippen LogP contribution is 2.33. The summed E-state index contributed by atoms with van der Waals surface area (Å²) in [5.74, 6) is 0.503. The largest absolute Gasteiger partial charge is 0.484 e. The first-order chi connectivity index (χ1) is 14.5. The van der Waals surface area contributed by atoms with Gasteiger partial charge in [-0.25, -0.2) is 4.52 Å². The Hall–Kier alpha value is -2.61. The number of hydrogen-bond donors (Lipinski definition) is 1. The average Bonchev–Trinajstić information content (AvgIpc) is 3.30. The Balaban J connectivity index is 1.43. The Kier molecular flexibility index (Phi) is 6.22. The predicted molar refractivity (Wildman–Crippen MR) is 121 cm³/mol. The lowest BCUT2D eigenvalue weighted by atomic mass is 10.1. The number of anilines is 1. The molecule has 0 saturated heterocycles. The monoisotopic (exact) mass is 460 g/mol. The Morgan fingerprint density at radius 2 is 2.00 bits per heavy atom. The molecule has 4 aromatic rings. The van der Waals surface area contributed by atoms with Crippen molar-refractivity contribution in [1.82, 2.24) is 14.6 Å². The first-order valence-electron chi connectivity index (χ1n) is 9.35. The van der Waals surface area contributed by atoms with Crippen LogP contribution in [0.15, 0.2) is 47.8 Å². The molecule has 0 saturated carbocycles. The molecule has 0 unspecified atom stereocenters. The normalized spacial score (nSPS) is 11.0. The van der Waals surface area contributed by atoms with Gasteiger partial charge in [-0.3, -0.25) is 10.1 Å². The molecule has 0 spiro atoms. The van der Waals surface area contributed by atoms with Gasteiger partial charge in [-0.05, 0) is 42.3 Å². The molecule has 0 aliphatic rings. The van der Waals surface area contributed by atoms with Gasteiger partial charge in [-0.1, -0.05) is 48.7 Å². The van der Waals surface area contributed by atoms with Crippen LogP contribution in [-0.4, -0.2) is 27.1 Å². The van der Waals surface area contributed by atoms with Crippen molar-refractivity contribution in [2.24, 2.45) is 0 Å². The lowest BCUT2D eigenvalue weighted by Gasteiger charge is -2.06. The SMILES string of the molecule is CCCc1ccc(OCC(=O)Nc2nc3scc(-c4cc(Cl)ccc4Cl)n3n2)cc1. The van der Waals surface area contributed by atoms with Crippen LogP contribution in [0.5, 0.6) is 5.75 Å². The minimum atomic E-state index is -0.340.